The fraction of sp³-hybridized carbons (Fsp3) is 0.875. The lowest BCUT2D eigenvalue weighted by Gasteiger charge is -2.42. The van der Waals surface area contributed by atoms with Gasteiger partial charge < -0.3 is 16.0 Å². The highest BCUT2D eigenvalue weighted by atomic mass is 16.2. The van der Waals surface area contributed by atoms with Gasteiger partial charge in [-0.25, -0.2) is 4.79 Å². The van der Waals surface area contributed by atoms with Crippen LogP contribution in [0.5, 0.6) is 0 Å². The number of amides is 3. The maximum Gasteiger partial charge on any atom is 0.312 e. The normalized spacial score (nSPS) is 28.4. The molecule has 1 saturated heterocycles. The van der Waals surface area contributed by atoms with E-state index in [0.29, 0.717) is 5.92 Å². The zero-order chi connectivity index (χ0) is 15.4. The van der Waals surface area contributed by atoms with Crippen LogP contribution in [0.1, 0.15) is 52.4 Å². The van der Waals surface area contributed by atoms with Crippen LogP contribution in [0, 0.1) is 17.8 Å². The Balaban J connectivity index is 2.01. The van der Waals surface area contributed by atoms with E-state index in [1.807, 2.05) is 18.7 Å². The van der Waals surface area contributed by atoms with Crippen LogP contribution >= 0.6 is 0 Å². The molecule has 120 valence electrons. The van der Waals surface area contributed by atoms with Crippen molar-refractivity contribution in [2.45, 2.75) is 58.4 Å². The quantitative estimate of drug-likeness (QED) is 0.833. The van der Waals surface area contributed by atoms with Gasteiger partial charge in [0.1, 0.15) is 6.04 Å². The molecule has 5 heteroatoms. The molecule has 3 N–H and O–H groups in total. The van der Waals surface area contributed by atoms with Gasteiger partial charge in [-0.1, -0.05) is 39.5 Å². The van der Waals surface area contributed by atoms with E-state index >= 15 is 0 Å². The molecule has 4 atom stereocenters. The van der Waals surface area contributed by atoms with Crippen LogP contribution < -0.4 is 11.1 Å². The maximum atomic E-state index is 12.8. The third-order valence-corrected chi connectivity index (χ3v) is 5.38. The molecule has 0 aromatic rings. The standard InChI is InChI=1S/C16H29N3O2/c1-3-11(2)14(18-16(17)21)15(20)19-9-8-12-6-4-5-7-13(12)10-19/h11-14H,3-10H2,1-2H3,(H3,17,18,21)/t11-,12-,13-,14-/m0/s1. The molecule has 0 spiro atoms. The molecule has 1 saturated carbocycles. The van der Waals surface area contributed by atoms with Gasteiger partial charge in [-0.15, -0.1) is 0 Å². The van der Waals surface area contributed by atoms with E-state index in [1.54, 1.807) is 0 Å². The van der Waals surface area contributed by atoms with Crippen LogP contribution in [-0.2, 0) is 4.79 Å². The van der Waals surface area contributed by atoms with Crippen LogP contribution in [0.4, 0.5) is 4.79 Å². The van der Waals surface area contributed by atoms with E-state index in [0.717, 1.165) is 31.8 Å². The van der Waals surface area contributed by atoms with Crippen LogP contribution in [-0.4, -0.2) is 36.0 Å². The van der Waals surface area contributed by atoms with Crippen LogP contribution in [0.15, 0.2) is 0 Å². The Labute approximate surface area is 127 Å². The van der Waals surface area contributed by atoms with E-state index in [2.05, 4.69) is 5.32 Å². The number of carbonyl (C=O) groups is 2. The third-order valence-electron chi connectivity index (χ3n) is 5.38. The Kier molecular flexibility index (Phi) is 5.48. The molecule has 0 aromatic carbocycles. The van der Waals surface area contributed by atoms with Crippen molar-refractivity contribution >= 4 is 11.9 Å². The summed E-state index contributed by atoms with van der Waals surface area (Å²) in [5.74, 6) is 1.61. The number of carbonyl (C=O) groups excluding carboxylic acids is 2. The van der Waals surface area contributed by atoms with Gasteiger partial charge in [-0.3, -0.25) is 4.79 Å². The number of primary amides is 1. The minimum Gasteiger partial charge on any atom is -0.352 e. The molecule has 2 fully saturated rings. The lowest BCUT2D eigenvalue weighted by Crippen LogP contribution is -2.56. The number of urea groups is 1. The Morgan fingerprint density at radius 1 is 1.24 bits per heavy atom. The van der Waals surface area contributed by atoms with Crippen LogP contribution in [0.25, 0.3) is 0 Å². The largest absolute Gasteiger partial charge is 0.352 e. The molecule has 3 amide bonds. The molecule has 0 bridgehead atoms. The number of nitrogens with two attached hydrogens (primary N) is 1. The first-order valence-corrected chi connectivity index (χ1v) is 8.37. The number of fused-ring (bicyclic) bond motifs is 1. The van der Waals surface area contributed by atoms with Gasteiger partial charge in [-0.2, -0.15) is 0 Å². The molecule has 2 aliphatic rings. The third kappa shape index (κ3) is 3.89. The molecule has 5 nitrogen and oxygen atoms in total. The zero-order valence-corrected chi connectivity index (χ0v) is 13.3. The van der Waals surface area contributed by atoms with Gasteiger partial charge in [-0.05, 0) is 30.6 Å². The lowest BCUT2D eigenvalue weighted by molar-refractivity contribution is -0.137. The highest BCUT2D eigenvalue weighted by Crippen LogP contribution is 2.36. The molecule has 2 rings (SSSR count). The Morgan fingerprint density at radius 2 is 1.90 bits per heavy atom. The number of piperidine rings is 1. The fourth-order valence-corrected chi connectivity index (χ4v) is 3.83. The first kappa shape index (κ1) is 16.1. The predicted molar refractivity (Wildman–Crippen MR) is 82.6 cm³/mol. The minimum absolute atomic E-state index is 0.0483. The maximum absolute atomic E-state index is 12.8. The molecule has 0 aromatic heterocycles. The first-order valence-electron chi connectivity index (χ1n) is 8.37. The summed E-state index contributed by atoms with van der Waals surface area (Å²) in [7, 11) is 0. The average Bonchev–Trinajstić information content (AvgIpc) is 2.50. The van der Waals surface area contributed by atoms with Crippen molar-refractivity contribution in [3.63, 3.8) is 0 Å². The molecule has 1 heterocycles. The molecule has 1 aliphatic carbocycles. The zero-order valence-electron chi connectivity index (χ0n) is 13.3. The first-order chi connectivity index (χ1) is 10.0. The van der Waals surface area contributed by atoms with Gasteiger partial charge in [0, 0.05) is 13.1 Å². The van der Waals surface area contributed by atoms with E-state index in [9.17, 15) is 9.59 Å². The van der Waals surface area contributed by atoms with Gasteiger partial charge in [0.15, 0.2) is 0 Å². The second-order valence-corrected chi connectivity index (χ2v) is 6.75. The number of likely N-dealkylation sites (tertiary alicyclic amines) is 1. The SMILES string of the molecule is CC[C@H](C)[C@H](NC(N)=O)C(=O)N1CC[C@@H]2CCCC[C@H]2C1. The smallest absolute Gasteiger partial charge is 0.312 e. The van der Waals surface area contributed by atoms with Crippen molar-refractivity contribution < 1.29 is 9.59 Å². The Bertz CT molecular complexity index is 386. The van der Waals surface area contributed by atoms with E-state index in [1.165, 1.54) is 25.7 Å². The van der Waals surface area contributed by atoms with Crippen LogP contribution in [0.2, 0.25) is 0 Å². The van der Waals surface area contributed by atoms with Crippen molar-refractivity contribution in [3.05, 3.63) is 0 Å². The van der Waals surface area contributed by atoms with Crippen molar-refractivity contribution in [1.82, 2.24) is 10.2 Å². The summed E-state index contributed by atoms with van der Waals surface area (Å²) >= 11 is 0. The van der Waals surface area contributed by atoms with Crippen molar-refractivity contribution in [3.8, 4) is 0 Å². The number of nitrogens with one attached hydrogen (secondary N) is 1. The summed E-state index contributed by atoms with van der Waals surface area (Å²) in [6.07, 6.45) is 7.15. The monoisotopic (exact) mass is 295 g/mol. The summed E-state index contributed by atoms with van der Waals surface area (Å²) < 4.78 is 0. The number of hydrogen-bond donors (Lipinski definition) is 2. The van der Waals surface area contributed by atoms with Gasteiger partial charge in [0.2, 0.25) is 5.91 Å². The molecule has 0 unspecified atom stereocenters. The van der Waals surface area contributed by atoms with Gasteiger partial charge >= 0.3 is 6.03 Å². The van der Waals surface area contributed by atoms with E-state index in [4.69, 9.17) is 5.73 Å². The summed E-state index contributed by atoms with van der Waals surface area (Å²) in [5.41, 5.74) is 5.24. The number of rotatable bonds is 4. The van der Waals surface area contributed by atoms with Gasteiger partial charge in [0.05, 0.1) is 0 Å². The van der Waals surface area contributed by atoms with Gasteiger partial charge in [0.25, 0.3) is 0 Å². The summed E-state index contributed by atoms with van der Waals surface area (Å²) in [6.45, 7) is 5.71. The molecule has 1 aliphatic heterocycles. The molecule has 0 radical (unpaired) electrons. The highest BCUT2D eigenvalue weighted by Gasteiger charge is 2.36. The second-order valence-electron chi connectivity index (χ2n) is 6.75. The van der Waals surface area contributed by atoms with Crippen molar-refractivity contribution in [2.24, 2.45) is 23.5 Å². The predicted octanol–water partition coefficient (Wildman–Crippen LogP) is 2.11. The highest BCUT2D eigenvalue weighted by molar-refractivity contribution is 5.87. The lowest BCUT2D eigenvalue weighted by atomic mass is 9.75. The summed E-state index contributed by atoms with van der Waals surface area (Å²) in [4.78, 5) is 25.9. The van der Waals surface area contributed by atoms with Crippen molar-refractivity contribution in [1.29, 1.82) is 0 Å². The number of hydrogen-bond acceptors (Lipinski definition) is 2. The average molecular weight is 295 g/mol. The molecular weight excluding hydrogens is 266 g/mol. The van der Waals surface area contributed by atoms with E-state index in [-0.39, 0.29) is 11.8 Å². The fourth-order valence-electron chi connectivity index (χ4n) is 3.83. The van der Waals surface area contributed by atoms with Crippen molar-refractivity contribution in [2.75, 3.05) is 13.1 Å². The second kappa shape index (κ2) is 7.14. The van der Waals surface area contributed by atoms with Crippen LogP contribution in [0.3, 0.4) is 0 Å². The molecular formula is C16H29N3O2. The van der Waals surface area contributed by atoms with E-state index < -0.39 is 12.1 Å². The Hall–Kier alpha value is -1.26. The Morgan fingerprint density at radius 3 is 2.52 bits per heavy atom. The molecule has 21 heavy (non-hydrogen) atoms. The summed E-state index contributed by atoms with van der Waals surface area (Å²) in [6, 6.07) is -1.09. The number of nitrogens with zero attached hydrogens (tertiary/aromatic N) is 1. The summed E-state index contributed by atoms with van der Waals surface area (Å²) in [5, 5.41) is 2.65. The topological polar surface area (TPSA) is 75.4 Å². The minimum atomic E-state index is -0.610.